The van der Waals surface area contributed by atoms with Crippen LogP contribution in [0.25, 0.3) is 0 Å². The van der Waals surface area contributed by atoms with Crippen molar-refractivity contribution in [2.75, 3.05) is 6.61 Å². The lowest BCUT2D eigenvalue weighted by Gasteiger charge is -2.07. The van der Waals surface area contributed by atoms with Gasteiger partial charge in [0, 0.05) is 11.6 Å². The molecule has 4 N–H and O–H groups in total. The molecule has 0 radical (unpaired) electrons. The molecule has 8 heteroatoms. The van der Waals surface area contributed by atoms with Gasteiger partial charge in [-0.2, -0.15) is 5.10 Å². The molecule has 2 aromatic rings. The first-order valence-electron chi connectivity index (χ1n) is 7.21. The van der Waals surface area contributed by atoms with Crippen LogP contribution < -0.4 is 10.2 Å². The quantitative estimate of drug-likeness (QED) is 0.442. The third-order valence-corrected chi connectivity index (χ3v) is 3.02. The summed E-state index contributed by atoms with van der Waals surface area (Å²) in [5.74, 6) is -1.46. The summed E-state index contributed by atoms with van der Waals surface area (Å²) in [6, 6.07) is 10.4. The molecule has 0 atom stereocenters. The zero-order valence-corrected chi connectivity index (χ0v) is 13.0. The molecule has 130 valence electrons. The van der Waals surface area contributed by atoms with Crippen molar-refractivity contribution in [3.63, 3.8) is 0 Å². The summed E-state index contributed by atoms with van der Waals surface area (Å²) in [6.45, 7) is -0.575. The Morgan fingerprint density at radius 2 is 1.88 bits per heavy atom. The lowest BCUT2D eigenvalue weighted by molar-refractivity contribution is -0.139. The van der Waals surface area contributed by atoms with Crippen molar-refractivity contribution in [1.82, 2.24) is 5.43 Å². The normalized spacial score (nSPS) is 10.6. The Bertz CT molecular complexity index is 803. The molecule has 0 bridgehead atoms. The van der Waals surface area contributed by atoms with Gasteiger partial charge in [-0.3, -0.25) is 4.79 Å². The van der Waals surface area contributed by atoms with E-state index in [9.17, 15) is 19.8 Å². The second kappa shape index (κ2) is 8.34. The Morgan fingerprint density at radius 1 is 1.12 bits per heavy atom. The number of benzene rings is 2. The molecule has 2 rings (SSSR count). The predicted molar refractivity (Wildman–Crippen MR) is 88.8 cm³/mol. The van der Waals surface area contributed by atoms with Crippen molar-refractivity contribution < 1.29 is 29.6 Å². The van der Waals surface area contributed by atoms with E-state index in [1.807, 2.05) is 0 Å². The summed E-state index contributed by atoms with van der Waals surface area (Å²) in [6.07, 6.45) is 1.31. The smallest absolute Gasteiger partial charge is 0.341 e. The minimum atomic E-state index is -1.16. The van der Waals surface area contributed by atoms with Crippen molar-refractivity contribution >= 4 is 18.1 Å². The van der Waals surface area contributed by atoms with Gasteiger partial charge in [0.25, 0.3) is 0 Å². The van der Waals surface area contributed by atoms with Crippen molar-refractivity contribution in [3.8, 4) is 17.2 Å². The first-order chi connectivity index (χ1) is 11.9. The Balaban J connectivity index is 1.99. The van der Waals surface area contributed by atoms with E-state index in [1.54, 1.807) is 12.1 Å². The number of aliphatic carboxylic acids is 1. The van der Waals surface area contributed by atoms with Gasteiger partial charge >= 0.3 is 5.97 Å². The molecule has 1 amide bonds. The van der Waals surface area contributed by atoms with Gasteiger partial charge in [-0.25, -0.2) is 10.2 Å². The molecule has 0 saturated carbocycles. The zero-order valence-electron chi connectivity index (χ0n) is 13.0. The Kier molecular flexibility index (Phi) is 5.94. The number of phenolic OH excluding ortho intramolecular Hbond substituents is 2. The van der Waals surface area contributed by atoms with Crippen molar-refractivity contribution in [2.45, 2.75) is 6.42 Å². The third kappa shape index (κ3) is 5.87. The monoisotopic (exact) mass is 344 g/mol. The molecular weight excluding hydrogens is 328 g/mol. The van der Waals surface area contributed by atoms with Crippen LogP contribution in [0, 0.1) is 0 Å². The molecule has 0 unspecified atom stereocenters. The highest BCUT2D eigenvalue weighted by atomic mass is 16.5. The summed E-state index contributed by atoms with van der Waals surface area (Å²) in [5, 5.41) is 31.2. The van der Waals surface area contributed by atoms with Crippen LogP contribution >= 0.6 is 0 Å². The molecule has 0 aliphatic carbocycles. The molecule has 0 fully saturated rings. The topological polar surface area (TPSA) is 128 Å². The number of hydrazone groups is 1. The number of ether oxygens (including phenoxy) is 1. The number of nitrogens with zero attached hydrogens (tertiary/aromatic N) is 1. The highest BCUT2D eigenvalue weighted by molar-refractivity contribution is 5.86. The van der Waals surface area contributed by atoms with Gasteiger partial charge in [-0.05, 0) is 29.8 Å². The summed E-state index contributed by atoms with van der Waals surface area (Å²) in [7, 11) is 0. The number of amides is 1. The number of hydrogen-bond acceptors (Lipinski definition) is 6. The van der Waals surface area contributed by atoms with E-state index in [-0.39, 0.29) is 23.7 Å². The predicted octanol–water partition coefficient (Wildman–Crippen LogP) is 1.25. The van der Waals surface area contributed by atoms with Crippen LogP contribution in [-0.2, 0) is 16.0 Å². The van der Waals surface area contributed by atoms with Crippen LogP contribution in [0.3, 0.4) is 0 Å². The van der Waals surface area contributed by atoms with Crippen molar-refractivity contribution in [3.05, 3.63) is 53.6 Å². The molecule has 0 saturated heterocycles. The second-order valence-electron chi connectivity index (χ2n) is 5.04. The molecule has 0 aliphatic rings. The number of phenols is 2. The van der Waals surface area contributed by atoms with E-state index in [4.69, 9.17) is 9.84 Å². The highest BCUT2D eigenvalue weighted by Gasteiger charge is 2.07. The van der Waals surface area contributed by atoms with Crippen LogP contribution in [0.1, 0.15) is 11.1 Å². The maximum Gasteiger partial charge on any atom is 0.341 e. The fourth-order valence-electron chi connectivity index (χ4n) is 1.96. The van der Waals surface area contributed by atoms with Gasteiger partial charge in [0.2, 0.25) is 5.91 Å². The largest absolute Gasteiger partial charge is 0.508 e. The molecule has 0 spiro atoms. The summed E-state index contributed by atoms with van der Waals surface area (Å²) < 4.78 is 5.05. The minimum Gasteiger partial charge on any atom is -0.508 e. The van der Waals surface area contributed by atoms with Gasteiger partial charge in [-0.15, -0.1) is 0 Å². The lowest BCUT2D eigenvalue weighted by Crippen LogP contribution is -2.19. The fraction of sp³-hybridized carbons (Fsp3) is 0.118. The number of carbonyl (C=O) groups excluding carboxylic acids is 1. The first-order valence-corrected chi connectivity index (χ1v) is 7.21. The number of carboxylic acids is 1. The average Bonchev–Trinajstić information content (AvgIpc) is 2.54. The van der Waals surface area contributed by atoms with E-state index in [1.165, 1.54) is 36.5 Å². The minimum absolute atomic E-state index is 0.0314. The fourth-order valence-corrected chi connectivity index (χ4v) is 1.96. The van der Waals surface area contributed by atoms with Crippen molar-refractivity contribution in [2.24, 2.45) is 5.10 Å². The first kappa shape index (κ1) is 17.8. The van der Waals surface area contributed by atoms with Gasteiger partial charge in [0.15, 0.2) is 6.61 Å². The number of hydrogen-bond donors (Lipinski definition) is 4. The van der Waals surface area contributed by atoms with E-state index >= 15 is 0 Å². The molecule has 2 aromatic carbocycles. The van der Waals surface area contributed by atoms with Gasteiger partial charge in [-0.1, -0.05) is 12.1 Å². The molecule has 0 heterocycles. The molecule has 8 nitrogen and oxygen atoms in total. The second-order valence-corrected chi connectivity index (χ2v) is 5.04. The Hall–Kier alpha value is -3.55. The van der Waals surface area contributed by atoms with E-state index in [0.29, 0.717) is 11.1 Å². The summed E-state index contributed by atoms with van der Waals surface area (Å²) >= 11 is 0. The number of nitrogens with one attached hydrogen (secondary N) is 1. The third-order valence-electron chi connectivity index (χ3n) is 3.02. The molecular formula is C17H16N2O6. The van der Waals surface area contributed by atoms with Gasteiger partial charge in [0.1, 0.15) is 17.2 Å². The summed E-state index contributed by atoms with van der Waals surface area (Å²) in [4.78, 5) is 22.4. The maximum atomic E-state index is 11.8. The number of carboxylic acid groups (broad SMARTS) is 1. The van der Waals surface area contributed by atoms with Crippen LogP contribution in [0.15, 0.2) is 47.6 Å². The van der Waals surface area contributed by atoms with Crippen LogP contribution in [0.4, 0.5) is 0 Å². The van der Waals surface area contributed by atoms with Crippen molar-refractivity contribution in [1.29, 1.82) is 0 Å². The molecule has 0 aliphatic heterocycles. The number of rotatable bonds is 7. The SMILES string of the molecule is O=C(O)COc1cc(O)ccc1/C=N/NC(=O)Cc1cccc(O)c1. The molecule has 25 heavy (non-hydrogen) atoms. The zero-order chi connectivity index (χ0) is 18.2. The van der Waals surface area contributed by atoms with Crippen LogP contribution in [0.5, 0.6) is 17.2 Å². The Labute approximate surface area is 143 Å². The van der Waals surface area contributed by atoms with E-state index < -0.39 is 18.5 Å². The standard InChI is InChI=1S/C17H16N2O6/c20-13-3-1-2-11(6-13)7-16(22)19-18-9-12-4-5-14(21)8-15(12)25-10-17(23)24/h1-6,8-9,20-21H,7,10H2,(H,19,22)(H,23,24)/b18-9+. The summed E-state index contributed by atoms with van der Waals surface area (Å²) in [5.41, 5.74) is 3.33. The lowest BCUT2D eigenvalue weighted by atomic mass is 10.1. The van der Waals surface area contributed by atoms with Gasteiger partial charge < -0.3 is 20.1 Å². The van der Waals surface area contributed by atoms with Crippen LogP contribution in [-0.4, -0.2) is 40.0 Å². The average molecular weight is 344 g/mol. The maximum absolute atomic E-state index is 11.8. The number of aromatic hydroxyl groups is 2. The van der Waals surface area contributed by atoms with Gasteiger partial charge in [0.05, 0.1) is 12.6 Å². The van der Waals surface area contributed by atoms with E-state index in [0.717, 1.165) is 0 Å². The molecule has 0 aromatic heterocycles. The highest BCUT2D eigenvalue weighted by Crippen LogP contribution is 2.22. The van der Waals surface area contributed by atoms with Crippen LogP contribution in [0.2, 0.25) is 0 Å². The Morgan fingerprint density at radius 3 is 2.60 bits per heavy atom. The van der Waals surface area contributed by atoms with E-state index in [2.05, 4.69) is 10.5 Å². The number of carbonyl (C=O) groups is 2.